The number of carbonyl (C=O) groups is 2. The third-order valence-electron chi connectivity index (χ3n) is 1.82. The van der Waals surface area contributed by atoms with E-state index in [-0.39, 0.29) is 35.7 Å². The van der Waals surface area contributed by atoms with E-state index in [0.29, 0.717) is 0 Å². The molecule has 0 aromatic rings. The van der Waals surface area contributed by atoms with Gasteiger partial charge in [-0.2, -0.15) is 0 Å². The third-order valence-corrected chi connectivity index (χ3v) is 1.82. The van der Waals surface area contributed by atoms with Crippen LogP contribution in [0.2, 0.25) is 0 Å². The second-order valence-electron chi connectivity index (χ2n) is 2.69. The zero-order valence-corrected chi connectivity index (χ0v) is 8.31. The summed E-state index contributed by atoms with van der Waals surface area (Å²) < 4.78 is 12.3. The van der Waals surface area contributed by atoms with Crippen LogP contribution in [0.1, 0.15) is 6.42 Å². The third kappa shape index (κ3) is 2.95. The Morgan fingerprint density at radius 1 is 1.40 bits per heavy atom. The van der Waals surface area contributed by atoms with E-state index >= 15 is 0 Å². The van der Waals surface area contributed by atoms with Gasteiger partial charge in [-0.15, -0.1) is 12.4 Å². The van der Waals surface area contributed by atoms with Gasteiger partial charge in [-0.1, -0.05) is 0 Å². The Bertz CT molecular complexity index is 351. The van der Waals surface area contributed by atoms with Crippen LogP contribution < -0.4 is 5.32 Å². The fourth-order valence-corrected chi connectivity index (χ4v) is 1.07. The molecule has 1 rings (SSSR count). The fraction of sp³-hybridized carbons (Fsp3) is 0.250. The highest BCUT2D eigenvalue weighted by Gasteiger charge is 2.22. The van der Waals surface area contributed by atoms with Gasteiger partial charge in [0, 0.05) is 12.6 Å². The molecule has 7 heteroatoms. The minimum atomic E-state index is -1.31. The number of carboxylic acids is 2. The van der Waals surface area contributed by atoms with Crippen LogP contribution in [0.3, 0.4) is 0 Å². The monoisotopic (exact) mass is 237 g/mol. The standard InChI is InChI=1S/C8H8FNO4.ClH/c9-2-6-5(8(13)14)1-4(3-10-6)7(11)12;/h3,10H,1-2H2,(H,11,12)(H,13,14);1H. The van der Waals surface area contributed by atoms with Crippen molar-refractivity contribution in [3.05, 3.63) is 23.0 Å². The van der Waals surface area contributed by atoms with Gasteiger partial charge in [-0.25, -0.2) is 14.0 Å². The predicted octanol–water partition coefficient (Wildman–Crippen LogP) is 0.678. The van der Waals surface area contributed by atoms with Crippen LogP contribution in [0, 0.1) is 0 Å². The van der Waals surface area contributed by atoms with E-state index < -0.39 is 18.6 Å². The first-order valence-electron chi connectivity index (χ1n) is 3.76. The first-order valence-corrected chi connectivity index (χ1v) is 3.76. The maximum absolute atomic E-state index is 12.3. The first-order chi connectivity index (χ1) is 6.56. The van der Waals surface area contributed by atoms with Crippen molar-refractivity contribution in [3.63, 3.8) is 0 Å². The molecule has 15 heavy (non-hydrogen) atoms. The van der Waals surface area contributed by atoms with Gasteiger partial charge in [-0.05, 0) is 0 Å². The van der Waals surface area contributed by atoms with Crippen molar-refractivity contribution in [3.8, 4) is 0 Å². The zero-order valence-electron chi connectivity index (χ0n) is 7.49. The average molecular weight is 238 g/mol. The van der Waals surface area contributed by atoms with E-state index in [2.05, 4.69) is 5.32 Å². The topological polar surface area (TPSA) is 86.6 Å². The lowest BCUT2D eigenvalue weighted by molar-refractivity contribution is -0.133. The lowest BCUT2D eigenvalue weighted by Crippen LogP contribution is -2.23. The molecule has 0 amide bonds. The van der Waals surface area contributed by atoms with Gasteiger partial charge in [-0.3, -0.25) is 0 Å². The number of carboxylic acid groups (broad SMARTS) is 2. The minimum Gasteiger partial charge on any atom is -0.478 e. The summed E-state index contributed by atoms with van der Waals surface area (Å²) in [6.45, 7) is -0.953. The van der Waals surface area contributed by atoms with Crippen LogP contribution in [0.5, 0.6) is 0 Å². The van der Waals surface area contributed by atoms with Crippen molar-refractivity contribution in [1.82, 2.24) is 5.32 Å². The average Bonchev–Trinajstić information content (AvgIpc) is 2.16. The molecule has 0 bridgehead atoms. The van der Waals surface area contributed by atoms with Crippen molar-refractivity contribution in [2.75, 3.05) is 6.67 Å². The molecule has 1 aliphatic rings. The van der Waals surface area contributed by atoms with Crippen molar-refractivity contribution >= 4 is 24.3 Å². The molecular weight excluding hydrogens is 229 g/mol. The van der Waals surface area contributed by atoms with Gasteiger partial charge in [0.1, 0.15) is 6.67 Å². The van der Waals surface area contributed by atoms with Gasteiger partial charge >= 0.3 is 11.9 Å². The summed E-state index contributed by atoms with van der Waals surface area (Å²) in [7, 11) is 0. The van der Waals surface area contributed by atoms with Crippen LogP contribution in [0.25, 0.3) is 0 Å². The van der Waals surface area contributed by atoms with Crippen LogP contribution in [-0.4, -0.2) is 28.8 Å². The van der Waals surface area contributed by atoms with E-state index in [1.54, 1.807) is 0 Å². The molecule has 0 saturated carbocycles. The van der Waals surface area contributed by atoms with Gasteiger partial charge < -0.3 is 15.5 Å². The summed E-state index contributed by atoms with van der Waals surface area (Å²) in [5, 5.41) is 19.5. The number of nitrogens with one attached hydrogen (secondary N) is 1. The molecule has 84 valence electrons. The highest BCUT2D eigenvalue weighted by atomic mass is 35.5. The quantitative estimate of drug-likeness (QED) is 0.672. The first kappa shape index (κ1) is 13.4. The Morgan fingerprint density at radius 3 is 2.40 bits per heavy atom. The number of dihydropyridines is 1. The Labute approximate surface area is 90.7 Å². The van der Waals surface area contributed by atoms with Crippen LogP contribution in [0.4, 0.5) is 4.39 Å². The number of rotatable bonds is 3. The van der Waals surface area contributed by atoms with Crippen molar-refractivity contribution in [2.24, 2.45) is 0 Å². The van der Waals surface area contributed by atoms with Gasteiger partial charge in [0.15, 0.2) is 0 Å². The predicted molar refractivity (Wildman–Crippen MR) is 51.4 cm³/mol. The molecule has 0 spiro atoms. The summed E-state index contributed by atoms with van der Waals surface area (Å²) in [4.78, 5) is 21.1. The lowest BCUT2D eigenvalue weighted by Gasteiger charge is -2.15. The maximum Gasteiger partial charge on any atom is 0.333 e. The lowest BCUT2D eigenvalue weighted by atomic mass is 10.0. The molecule has 0 aliphatic carbocycles. The molecule has 0 unspecified atom stereocenters. The second kappa shape index (κ2) is 5.35. The normalized spacial score (nSPS) is 14.9. The highest BCUT2D eigenvalue weighted by molar-refractivity contribution is 5.94. The van der Waals surface area contributed by atoms with E-state index in [4.69, 9.17) is 10.2 Å². The summed E-state index contributed by atoms with van der Waals surface area (Å²) in [6.07, 6.45) is 0.834. The zero-order chi connectivity index (χ0) is 10.7. The Hall–Kier alpha value is -1.56. The largest absolute Gasteiger partial charge is 0.478 e. The molecular formula is C8H9ClFNO4. The molecule has 0 atom stereocenters. The minimum absolute atomic E-state index is 0. The smallest absolute Gasteiger partial charge is 0.333 e. The fourth-order valence-electron chi connectivity index (χ4n) is 1.07. The Kier molecular flexibility index (Phi) is 4.80. The van der Waals surface area contributed by atoms with Crippen LogP contribution in [-0.2, 0) is 9.59 Å². The van der Waals surface area contributed by atoms with Crippen molar-refractivity contribution in [1.29, 1.82) is 0 Å². The summed E-state index contributed by atoms with van der Waals surface area (Å²) >= 11 is 0. The number of allylic oxidation sites excluding steroid dienone is 1. The molecule has 3 N–H and O–H groups in total. The van der Waals surface area contributed by atoms with Crippen LogP contribution >= 0.6 is 12.4 Å². The number of hydrogen-bond acceptors (Lipinski definition) is 3. The number of aliphatic carboxylic acids is 2. The number of halogens is 2. The summed E-state index contributed by atoms with van der Waals surface area (Å²) in [5.74, 6) is -2.52. The number of alkyl halides is 1. The summed E-state index contributed by atoms with van der Waals surface area (Å²) in [6, 6.07) is 0. The van der Waals surface area contributed by atoms with Gasteiger partial charge in [0.05, 0.1) is 16.8 Å². The van der Waals surface area contributed by atoms with Crippen molar-refractivity contribution in [2.45, 2.75) is 6.42 Å². The molecule has 0 aromatic carbocycles. The molecule has 0 aromatic heterocycles. The van der Waals surface area contributed by atoms with E-state index in [9.17, 15) is 14.0 Å². The molecule has 1 heterocycles. The van der Waals surface area contributed by atoms with E-state index in [1.165, 1.54) is 0 Å². The molecule has 0 fully saturated rings. The Balaban J connectivity index is 0.00000196. The second-order valence-corrected chi connectivity index (χ2v) is 2.69. The Morgan fingerprint density at radius 2 is 2.00 bits per heavy atom. The maximum atomic E-state index is 12.3. The molecule has 1 aliphatic heterocycles. The number of hydrogen-bond donors (Lipinski definition) is 3. The van der Waals surface area contributed by atoms with Crippen LogP contribution in [0.15, 0.2) is 23.0 Å². The molecule has 0 radical (unpaired) electrons. The molecule has 5 nitrogen and oxygen atoms in total. The van der Waals surface area contributed by atoms with E-state index in [1.807, 2.05) is 0 Å². The van der Waals surface area contributed by atoms with Gasteiger partial charge in [0.2, 0.25) is 0 Å². The summed E-state index contributed by atoms with van der Waals surface area (Å²) in [5.41, 5.74) is -0.436. The van der Waals surface area contributed by atoms with Crippen molar-refractivity contribution < 1.29 is 24.2 Å². The molecule has 0 saturated heterocycles. The van der Waals surface area contributed by atoms with E-state index in [0.717, 1.165) is 6.20 Å². The SMILES string of the molecule is Cl.O=C(O)C1=CNC(CF)=C(C(=O)O)C1. The van der Waals surface area contributed by atoms with Gasteiger partial charge in [0.25, 0.3) is 0 Å². The highest BCUT2D eigenvalue weighted by Crippen LogP contribution is 2.19.